The summed E-state index contributed by atoms with van der Waals surface area (Å²) in [6.45, 7) is 30.3. The highest BCUT2D eigenvalue weighted by atomic mass is 16.5. The van der Waals surface area contributed by atoms with Gasteiger partial charge in [-0.2, -0.15) is 0 Å². The summed E-state index contributed by atoms with van der Waals surface area (Å²) in [5.41, 5.74) is 0. The van der Waals surface area contributed by atoms with Gasteiger partial charge in [-0.05, 0) is 83.3 Å². The molecule has 0 radical (unpaired) electrons. The lowest BCUT2D eigenvalue weighted by atomic mass is 9.95. The molecule has 63 heavy (non-hydrogen) atoms. The van der Waals surface area contributed by atoms with Gasteiger partial charge in [0.2, 0.25) is 0 Å². The van der Waals surface area contributed by atoms with Crippen molar-refractivity contribution in [1.82, 2.24) is 4.90 Å². The van der Waals surface area contributed by atoms with E-state index < -0.39 is 0 Å². The fourth-order valence-electron chi connectivity index (χ4n) is 7.14. The first-order chi connectivity index (χ1) is 30.7. The van der Waals surface area contributed by atoms with Crippen molar-refractivity contribution in [3.8, 4) is 0 Å². The van der Waals surface area contributed by atoms with E-state index >= 15 is 0 Å². The molecule has 6 heteroatoms. The number of ether oxygens (including phenoxy) is 1. The van der Waals surface area contributed by atoms with E-state index in [1.54, 1.807) is 0 Å². The van der Waals surface area contributed by atoms with Crippen molar-refractivity contribution in [2.75, 3.05) is 39.5 Å². The number of rotatable bonds is 41. The Labute approximate surface area is 399 Å². The summed E-state index contributed by atoms with van der Waals surface area (Å²) in [5.74, 6) is 1.23. The van der Waals surface area contributed by atoms with E-state index in [1.165, 1.54) is 206 Å². The van der Waals surface area contributed by atoms with Crippen LogP contribution in [0.2, 0.25) is 0 Å². The van der Waals surface area contributed by atoms with Gasteiger partial charge in [-0.1, -0.05) is 250 Å². The molecule has 6 nitrogen and oxygen atoms in total. The van der Waals surface area contributed by atoms with E-state index in [4.69, 9.17) is 14.6 Å². The molecule has 0 saturated heterocycles. The first-order valence-electron chi connectivity index (χ1n) is 28.2. The van der Waals surface area contributed by atoms with Crippen molar-refractivity contribution in [3.63, 3.8) is 0 Å². The largest absolute Gasteiger partial charge is 0.466 e. The van der Waals surface area contributed by atoms with Crippen molar-refractivity contribution < 1.29 is 24.5 Å². The van der Waals surface area contributed by atoms with Gasteiger partial charge in [0.1, 0.15) is 6.29 Å². The third-order valence-electron chi connectivity index (χ3n) is 11.4. The molecule has 2 N–H and O–H groups in total. The number of hydrogen-bond donors (Lipinski definition) is 2. The van der Waals surface area contributed by atoms with Crippen molar-refractivity contribution >= 4 is 12.3 Å². The van der Waals surface area contributed by atoms with Gasteiger partial charge in [-0.15, -0.1) is 0 Å². The van der Waals surface area contributed by atoms with E-state index in [0.29, 0.717) is 38.1 Å². The zero-order valence-electron chi connectivity index (χ0n) is 45.8. The molecular weight excluding hydrogens is 779 g/mol. The molecule has 2 atom stereocenters. The fraction of sp³-hybridized carbons (Fsp3) is 0.965. The Morgan fingerprint density at radius 1 is 0.492 bits per heavy atom. The molecule has 386 valence electrons. The topological polar surface area (TPSA) is 87.1 Å². The second-order valence-electron chi connectivity index (χ2n) is 17.8. The second-order valence-corrected chi connectivity index (χ2v) is 17.8. The maximum atomic E-state index is 11.1. The van der Waals surface area contributed by atoms with Crippen molar-refractivity contribution in [1.29, 1.82) is 0 Å². The van der Waals surface area contributed by atoms with E-state index in [9.17, 15) is 9.90 Å². The van der Waals surface area contributed by atoms with E-state index in [0.717, 1.165) is 45.1 Å². The first-order valence-corrected chi connectivity index (χ1v) is 28.2. The summed E-state index contributed by atoms with van der Waals surface area (Å²) >= 11 is 0. The minimum atomic E-state index is -0.0392. The normalized spacial score (nSPS) is 11.2. The summed E-state index contributed by atoms with van der Waals surface area (Å²) in [6, 6.07) is 0. The highest BCUT2D eigenvalue weighted by Crippen LogP contribution is 2.19. The summed E-state index contributed by atoms with van der Waals surface area (Å²) in [6.07, 6.45) is 46.2. The van der Waals surface area contributed by atoms with Crippen LogP contribution in [0.4, 0.5) is 0 Å². The number of aliphatic hydroxyl groups is 2. The van der Waals surface area contributed by atoms with Crippen LogP contribution in [0.25, 0.3) is 0 Å². The smallest absolute Gasteiger partial charge is 0.305 e. The molecule has 0 aliphatic rings. The number of unbranched alkanes of at least 4 members (excludes halogenated alkanes) is 23. The average Bonchev–Trinajstić information content (AvgIpc) is 3.29. The van der Waals surface area contributed by atoms with Gasteiger partial charge >= 0.3 is 5.97 Å². The lowest BCUT2D eigenvalue weighted by Crippen LogP contribution is -2.25. The lowest BCUT2D eigenvalue weighted by molar-refractivity contribution is -0.144. The molecule has 0 aromatic heterocycles. The molecule has 0 heterocycles. The van der Waals surface area contributed by atoms with E-state index in [2.05, 4.69) is 60.3 Å². The van der Waals surface area contributed by atoms with Gasteiger partial charge in [0.25, 0.3) is 0 Å². The number of esters is 1. The van der Waals surface area contributed by atoms with Crippen molar-refractivity contribution in [2.24, 2.45) is 11.8 Å². The van der Waals surface area contributed by atoms with Crippen LogP contribution < -0.4 is 0 Å². The van der Waals surface area contributed by atoms with E-state index in [1.807, 2.05) is 20.8 Å². The molecule has 0 aromatic rings. The van der Waals surface area contributed by atoms with Gasteiger partial charge in [0.15, 0.2) is 0 Å². The zero-order chi connectivity index (χ0) is 48.7. The Hall–Kier alpha value is -0.980. The van der Waals surface area contributed by atoms with E-state index in [-0.39, 0.29) is 5.97 Å². The quantitative estimate of drug-likeness (QED) is 0.0361. The molecule has 0 saturated carbocycles. The van der Waals surface area contributed by atoms with Gasteiger partial charge < -0.3 is 24.6 Å². The Morgan fingerprint density at radius 3 is 1.17 bits per heavy atom. The molecule has 0 rings (SSSR count). The van der Waals surface area contributed by atoms with Crippen molar-refractivity contribution in [3.05, 3.63) is 0 Å². The molecule has 2 unspecified atom stereocenters. The number of aldehydes is 1. The molecule has 0 aliphatic carbocycles. The monoisotopic (exact) mass is 902 g/mol. The first kappa shape index (κ1) is 73.6. The number of carbonyl (C=O) groups is 2. The van der Waals surface area contributed by atoms with Crippen LogP contribution >= 0.6 is 0 Å². The maximum Gasteiger partial charge on any atom is 0.305 e. The Kier molecular flexibility index (Phi) is 88.0. The number of nitrogens with zero attached hydrogens (tertiary/aromatic N) is 1. The SMILES string of the molecule is CC.CC=O.CCCCCCCC(C)CCOC(=O)CCC.CCCCCCCCCC.CCCCCCCCCC(CO)CCCCCC.CCCCCN(CC)CCCCO. The average molecular weight is 903 g/mol. The van der Waals surface area contributed by atoms with Crippen LogP contribution in [0.5, 0.6) is 0 Å². The van der Waals surface area contributed by atoms with Crippen LogP contribution in [0.3, 0.4) is 0 Å². The number of carbonyl (C=O) groups excluding carboxylic acids is 2. The molecular formula is C57H123NO5. The number of aliphatic hydroxyl groups excluding tert-OH is 2. The summed E-state index contributed by atoms with van der Waals surface area (Å²) in [7, 11) is 0. The fourth-order valence-corrected chi connectivity index (χ4v) is 7.14. The molecule has 0 aliphatic heterocycles. The van der Waals surface area contributed by atoms with Gasteiger partial charge in [-0.25, -0.2) is 0 Å². The lowest BCUT2D eigenvalue weighted by Gasteiger charge is -2.19. The Morgan fingerprint density at radius 2 is 0.825 bits per heavy atom. The Balaban J connectivity index is -0.000000169. The van der Waals surface area contributed by atoms with Crippen LogP contribution in [0, 0.1) is 11.8 Å². The maximum absolute atomic E-state index is 11.1. The summed E-state index contributed by atoms with van der Waals surface area (Å²) in [5, 5.41) is 18.0. The second kappa shape index (κ2) is 75.3. The third kappa shape index (κ3) is 81.7. The highest BCUT2D eigenvalue weighted by Gasteiger charge is 2.07. The van der Waals surface area contributed by atoms with Crippen LogP contribution in [0.15, 0.2) is 0 Å². The minimum Gasteiger partial charge on any atom is -0.466 e. The predicted octanol–water partition coefficient (Wildman–Crippen LogP) is 18.1. The van der Waals surface area contributed by atoms with Crippen LogP contribution in [-0.4, -0.2) is 66.8 Å². The molecule has 0 aromatic carbocycles. The standard InChI is InChI=1S/C17H36O.C15H30O2.C11H25NO.C10H22.C2H4O.C2H6/c1-3-5-7-9-10-11-13-15-17(16-18)14-12-8-6-4-2;1-4-6-7-8-9-11-14(3)12-13-17-15(16)10-5-2;1-3-5-6-9-12(4-2)10-7-8-11-13;1-3-5-7-9-10-8-6-4-2;1-2-3;1-2/h17-18H,3-16H2,1-2H3;14H,4-13H2,1-3H3;13H,3-11H2,1-2H3;3-10H2,1-2H3;2H,1H3;1-2H3. The highest BCUT2D eigenvalue weighted by molar-refractivity contribution is 5.69. The minimum absolute atomic E-state index is 0.0392. The van der Waals surface area contributed by atoms with Gasteiger partial charge in [0.05, 0.1) is 6.61 Å². The molecule has 0 fully saturated rings. The van der Waals surface area contributed by atoms with Crippen molar-refractivity contribution in [2.45, 2.75) is 308 Å². The Bertz CT molecular complexity index is 717. The summed E-state index contributed by atoms with van der Waals surface area (Å²) in [4.78, 5) is 22.4. The summed E-state index contributed by atoms with van der Waals surface area (Å²) < 4.78 is 5.16. The molecule has 0 spiro atoms. The van der Waals surface area contributed by atoms with Gasteiger partial charge in [0, 0.05) is 19.6 Å². The molecule has 0 amide bonds. The van der Waals surface area contributed by atoms with Gasteiger partial charge in [-0.3, -0.25) is 4.79 Å². The molecule has 0 bridgehead atoms. The van der Waals surface area contributed by atoms with Crippen LogP contribution in [0.1, 0.15) is 308 Å². The van der Waals surface area contributed by atoms with Crippen LogP contribution in [-0.2, 0) is 14.3 Å². The number of hydrogen-bond acceptors (Lipinski definition) is 6. The predicted molar refractivity (Wildman–Crippen MR) is 284 cm³/mol. The third-order valence-corrected chi connectivity index (χ3v) is 11.4. The zero-order valence-corrected chi connectivity index (χ0v) is 45.8.